The van der Waals surface area contributed by atoms with Gasteiger partial charge in [-0.15, -0.1) is 0 Å². The molecule has 1 atom stereocenters. The molecule has 1 aromatic rings. The number of hydrogen-bond acceptors (Lipinski definition) is 2. The van der Waals surface area contributed by atoms with Gasteiger partial charge in [0.05, 0.1) is 15.1 Å². The molecule has 0 amide bonds. The van der Waals surface area contributed by atoms with Gasteiger partial charge in [0.25, 0.3) is 0 Å². The maximum absolute atomic E-state index is 10.5. The summed E-state index contributed by atoms with van der Waals surface area (Å²) in [5, 5.41) is 0.416. The molecule has 1 unspecified atom stereocenters. The van der Waals surface area contributed by atoms with Gasteiger partial charge in [-0.3, -0.25) is 4.21 Å². The Kier molecular flexibility index (Phi) is 3.37. The van der Waals surface area contributed by atoms with Crippen molar-refractivity contribution in [2.45, 2.75) is 4.90 Å². The predicted octanol–water partition coefficient (Wildman–Crippen LogP) is 2.88. The molecule has 12 heavy (non-hydrogen) atoms. The van der Waals surface area contributed by atoms with E-state index in [-0.39, 0.29) is 20.0 Å². The smallest absolute Gasteiger partial charge is 0.0779 e. The Hall–Kier alpha value is 0.200. The quantitative estimate of drug-likeness (QED) is 0.563. The summed E-state index contributed by atoms with van der Waals surface area (Å²) >= 11 is 14.4. The number of benzene rings is 1. The first-order valence-corrected chi connectivity index (χ1v) is 4.97. The summed E-state index contributed by atoms with van der Waals surface area (Å²) in [4.78, 5) is 0.0226. The van der Waals surface area contributed by atoms with Crippen LogP contribution in [0.2, 0.25) is 15.1 Å². The Morgan fingerprint density at radius 1 is 1.17 bits per heavy atom. The Labute approximate surface area is 86.7 Å². The molecule has 0 aliphatic rings. The second-order valence-corrected chi connectivity index (χ2v) is 4.07. The van der Waals surface area contributed by atoms with Crippen molar-refractivity contribution in [1.82, 2.24) is 0 Å². The van der Waals surface area contributed by atoms with Gasteiger partial charge in [-0.1, -0.05) is 34.8 Å². The summed E-state index contributed by atoms with van der Waals surface area (Å²) < 4.78 is 20.9. The van der Waals surface area contributed by atoms with Crippen molar-refractivity contribution in [1.29, 1.82) is 0 Å². The summed E-state index contributed by atoms with van der Waals surface area (Å²) in [6, 6.07) is 2.47. The summed E-state index contributed by atoms with van der Waals surface area (Å²) in [5.74, 6) is 0. The molecule has 0 saturated heterocycles. The highest BCUT2D eigenvalue weighted by molar-refractivity contribution is 7.79. The van der Waals surface area contributed by atoms with Gasteiger partial charge in [0.1, 0.15) is 0 Å². The van der Waals surface area contributed by atoms with Gasteiger partial charge in [0, 0.05) is 4.90 Å². The van der Waals surface area contributed by atoms with E-state index in [1.54, 1.807) is 0 Å². The summed E-state index contributed by atoms with van der Waals surface area (Å²) in [7, 11) is 0. The number of hydrogen-bond donors (Lipinski definition) is 0. The summed E-state index contributed by atoms with van der Waals surface area (Å²) in [6.07, 6.45) is 0. The summed E-state index contributed by atoms with van der Waals surface area (Å²) in [5.41, 5.74) is 0. The molecule has 66 valence electrons. The zero-order chi connectivity index (χ0) is 9.30. The van der Waals surface area contributed by atoms with Gasteiger partial charge in [0.2, 0.25) is 0 Å². The van der Waals surface area contributed by atoms with Crippen molar-refractivity contribution in [3.8, 4) is 0 Å². The van der Waals surface area contributed by atoms with Crippen LogP contribution in [0.5, 0.6) is 0 Å². The standard InChI is InChI=1S/C6H3Cl3O2S/c7-4-1-3(12(10)11)2-5(8)6(4)9/h1-2H,(H,10,11)/p-1. The van der Waals surface area contributed by atoms with Crippen molar-refractivity contribution < 1.29 is 8.76 Å². The van der Waals surface area contributed by atoms with Crippen molar-refractivity contribution in [2.24, 2.45) is 0 Å². The van der Waals surface area contributed by atoms with Crippen LogP contribution in [0.15, 0.2) is 17.0 Å². The van der Waals surface area contributed by atoms with Gasteiger partial charge < -0.3 is 4.55 Å². The molecular formula is C6H2Cl3O2S-. The van der Waals surface area contributed by atoms with Crippen molar-refractivity contribution in [2.75, 3.05) is 0 Å². The molecule has 6 heteroatoms. The lowest BCUT2D eigenvalue weighted by Crippen LogP contribution is -1.88. The van der Waals surface area contributed by atoms with E-state index in [1.165, 1.54) is 12.1 Å². The second-order valence-electron chi connectivity index (χ2n) is 1.94. The Balaban J connectivity index is 3.31. The SMILES string of the molecule is O=S([O-])c1cc(Cl)c(Cl)c(Cl)c1. The lowest BCUT2D eigenvalue weighted by molar-refractivity contribution is 0.537. The fourth-order valence-corrected chi connectivity index (χ4v) is 1.78. The minimum absolute atomic E-state index is 0.0226. The lowest BCUT2D eigenvalue weighted by Gasteiger charge is -2.07. The third kappa shape index (κ3) is 2.12. The molecule has 2 nitrogen and oxygen atoms in total. The van der Waals surface area contributed by atoms with E-state index in [4.69, 9.17) is 34.8 Å². The molecule has 1 rings (SSSR count). The minimum Gasteiger partial charge on any atom is -0.768 e. The highest BCUT2D eigenvalue weighted by atomic mass is 35.5. The van der Waals surface area contributed by atoms with Crippen LogP contribution in [-0.2, 0) is 11.1 Å². The first-order chi connectivity index (χ1) is 5.52. The molecule has 0 aliphatic heterocycles. The molecule has 1 aromatic carbocycles. The van der Waals surface area contributed by atoms with Gasteiger partial charge in [-0.25, -0.2) is 0 Å². The highest BCUT2D eigenvalue weighted by Gasteiger charge is 2.05. The van der Waals surface area contributed by atoms with Crippen LogP contribution < -0.4 is 0 Å². The first kappa shape index (κ1) is 10.3. The molecule has 0 saturated carbocycles. The van der Waals surface area contributed by atoms with E-state index in [0.29, 0.717) is 0 Å². The average molecular weight is 245 g/mol. The molecule has 0 spiro atoms. The van der Waals surface area contributed by atoms with E-state index in [1.807, 2.05) is 0 Å². The molecule has 0 fully saturated rings. The normalized spacial score (nSPS) is 13.0. The van der Waals surface area contributed by atoms with E-state index in [9.17, 15) is 8.76 Å². The third-order valence-corrected chi connectivity index (χ3v) is 2.97. The number of halogens is 3. The fourth-order valence-electron chi connectivity index (χ4n) is 0.628. The van der Waals surface area contributed by atoms with E-state index >= 15 is 0 Å². The Morgan fingerprint density at radius 3 is 1.92 bits per heavy atom. The topological polar surface area (TPSA) is 40.1 Å². The van der Waals surface area contributed by atoms with E-state index in [0.717, 1.165) is 0 Å². The van der Waals surface area contributed by atoms with Crippen LogP contribution in [-0.4, -0.2) is 8.76 Å². The second kappa shape index (κ2) is 3.94. The summed E-state index contributed by atoms with van der Waals surface area (Å²) in [6.45, 7) is 0. The van der Waals surface area contributed by atoms with Crippen molar-refractivity contribution in [3.63, 3.8) is 0 Å². The van der Waals surface area contributed by atoms with Crippen LogP contribution >= 0.6 is 34.8 Å². The van der Waals surface area contributed by atoms with E-state index < -0.39 is 11.1 Å². The van der Waals surface area contributed by atoms with Gasteiger partial charge in [0.15, 0.2) is 0 Å². The largest absolute Gasteiger partial charge is 0.768 e. The zero-order valence-electron chi connectivity index (χ0n) is 5.51. The third-order valence-electron chi connectivity index (χ3n) is 1.15. The van der Waals surface area contributed by atoms with Crippen molar-refractivity contribution in [3.05, 3.63) is 27.2 Å². The average Bonchev–Trinajstić information content (AvgIpc) is 1.99. The predicted molar refractivity (Wildman–Crippen MR) is 48.7 cm³/mol. The molecule has 0 bridgehead atoms. The molecule has 0 heterocycles. The molecule has 0 N–H and O–H groups in total. The van der Waals surface area contributed by atoms with Crippen LogP contribution in [0.1, 0.15) is 0 Å². The molecule has 0 aliphatic carbocycles. The molecular weight excluding hydrogens is 242 g/mol. The van der Waals surface area contributed by atoms with Crippen molar-refractivity contribution >= 4 is 45.9 Å². The zero-order valence-corrected chi connectivity index (χ0v) is 8.60. The monoisotopic (exact) mass is 243 g/mol. The van der Waals surface area contributed by atoms with Gasteiger partial charge in [-0.2, -0.15) is 0 Å². The van der Waals surface area contributed by atoms with Crippen LogP contribution in [0.4, 0.5) is 0 Å². The first-order valence-electron chi connectivity index (χ1n) is 2.76. The highest BCUT2D eigenvalue weighted by Crippen LogP contribution is 2.31. The van der Waals surface area contributed by atoms with Crippen LogP contribution in [0, 0.1) is 0 Å². The maximum Gasteiger partial charge on any atom is 0.0779 e. The molecule has 0 radical (unpaired) electrons. The number of rotatable bonds is 1. The fraction of sp³-hybridized carbons (Fsp3) is 0. The van der Waals surface area contributed by atoms with Crippen LogP contribution in [0.25, 0.3) is 0 Å². The van der Waals surface area contributed by atoms with Gasteiger partial charge >= 0.3 is 0 Å². The van der Waals surface area contributed by atoms with E-state index in [2.05, 4.69) is 0 Å². The Bertz CT molecular complexity index is 317. The maximum atomic E-state index is 10.5. The minimum atomic E-state index is -2.34. The molecule has 0 aromatic heterocycles. The van der Waals surface area contributed by atoms with Crippen LogP contribution in [0.3, 0.4) is 0 Å². The van der Waals surface area contributed by atoms with Gasteiger partial charge in [-0.05, 0) is 23.2 Å². The lowest BCUT2D eigenvalue weighted by atomic mass is 10.4. The Morgan fingerprint density at radius 2 is 1.58 bits per heavy atom.